The Morgan fingerprint density at radius 2 is 1.00 bits per heavy atom. The molecule has 0 saturated heterocycles. The number of benzene rings is 2. The van der Waals surface area contributed by atoms with Gasteiger partial charge in [0.05, 0.1) is 22.8 Å². The molecule has 2 aromatic carbocycles. The number of carbonyl (C=O) groups is 2. The molecule has 0 bridgehead atoms. The Bertz CT molecular complexity index is 815. The molecule has 1 aliphatic rings. The van der Waals surface area contributed by atoms with E-state index in [-0.39, 0.29) is 23.0 Å². The van der Waals surface area contributed by atoms with Gasteiger partial charge in [0.1, 0.15) is 0 Å². The van der Waals surface area contributed by atoms with Crippen molar-refractivity contribution in [2.24, 2.45) is 0 Å². The van der Waals surface area contributed by atoms with Crippen molar-refractivity contribution in [2.45, 2.75) is 0 Å². The van der Waals surface area contributed by atoms with Crippen LogP contribution in [0.3, 0.4) is 0 Å². The van der Waals surface area contributed by atoms with Crippen LogP contribution in [-0.4, -0.2) is 11.6 Å². The fraction of sp³-hybridized carbons (Fsp3) is 0. The van der Waals surface area contributed by atoms with Crippen molar-refractivity contribution in [3.05, 3.63) is 81.0 Å². The lowest BCUT2D eigenvalue weighted by Crippen LogP contribution is -2.22. The Kier molecular flexibility index (Phi) is 4.97. The summed E-state index contributed by atoms with van der Waals surface area (Å²) in [4.78, 5) is 24.6. The van der Waals surface area contributed by atoms with Crippen LogP contribution in [0.5, 0.6) is 0 Å². The third-order valence-electron chi connectivity index (χ3n) is 3.37. The molecule has 0 unspecified atom stereocenters. The minimum absolute atomic E-state index is 0.240. The van der Waals surface area contributed by atoms with Crippen molar-refractivity contribution < 1.29 is 9.59 Å². The van der Waals surface area contributed by atoms with E-state index in [1.807, 2.05) is 48.5 Å². The van der Waals surface area contributed by atoms with Crippen molar-refractivity contribution >= 4 is 54.8 Å². The molecule has 0 spiro atoms. The van der Waals surface area contributed by atoms with E-state index in [4.69, 9.17) is 0 Å². The summed E-state index contributed by atoms with van der Waals surface area (Å²) in [5.41, 5.74) is 1.93. The number of hydrogen-bond donors (Lipinski definition) is 2. The van der Waals surface area contributed by atoms with Crippen LogP contribution in [0.2, 0.25) is 0 Å². The first-order chi connectivity index (χ1) is 11.5. The minimum Gasteiger partial charge on any atom is -0.351 e. The Balaban J connectivity index is 1.80. The molecule has 24 heavy (non-hydrogen) atoms. The van der Waals surface area contributed by atoms with Gasteiger partial charge in [-0.05, 0) is 56.1 Å². The van der Waals surface area contributed by atoms with Crippen molar-refractivity contribution in [1.82, 2.24) is 0 Å². The molecule has 2 N–H and O–H groups in total. The van der Waals surface area contributed by atoms with E-state index in [1.54, 1.807) is 0 Å². The van der Waals surface area contributed by atoms with E-state index < -0.39 is 0 Å². The zero-order valence-electron chi connectivity index (χ0n) is 12.3. The number of carbonyl (C=O) groups excluding carboxylic acids is 2. The number of ketones is 2. The fourth-order valence-electron chi connectivity index (χ4n) is 2.17. The van der Waals surface area contributed by atoms with Crippen LogP contribution in [0.4, 0.5) is 11.4 Å². The Morgan fingerprint density at radius 3 is 1.38 bits per heavy atom. The fourth-order valence-corrected chi connectivity index (χ4v) is 2.94. The lowest BCUT2D eigenvalue weighted by atomic mass is 10.1. The molecular formula is C18H12Br2N2O2. The monoisotopic (exact) mass is 446 g/mol. The molecule has 0 saturated carbocycles. The summed E-state index contributed by atoms with van der Waals surface area (Å²) >= 11 is 6.81. The smallest absolute Gasteiger partial charge is 0.204 e. The van der Waals surface area contributed by atoms with Crippen LogP contribution in [0.15, 0.2) is 81.0 Å². The highest BCUT2D eigenvalue weighted by atomic mass is 79.9. The number of nitrogens with one attached hydrogen (secondary N) is 2. The van der Waals surface area contributed by atoms with Crippen LogP contribution in [0.25, 0.3) is 0 Å². The molecule has 0 atom stereocenters. The lowest BCUT2D eigenvalue weighted by Gasteiger charge is -2.16. The molecule has 0 aliphatic heterocycles. The maximum absolute atomic E-state index is 12.3. The van der Waals surface area contributed by atoms with Crippen LogP contribution in [-0.2, 0) is 9.59 Å². The highest BCUT2D eigenvalue weighted by molar-refractivity contribution is 9.11. The lowest BCUT2D eigenvalue weighted by molar-refractivity contribution is -0.115. The van der Waals surface area contributed by atoms with Gasteiger partial charge in [-0.1, -0.05) is 24.3 Å². The number of rotatable bonds is 4. The van der Waals surface area contributed by atoms with Crippen LogP contribution >= 0.6 is 31.9 Å². The van der Waals surface area contributed by atoms with Crippen LogP contribution in [0.1, 0.15) is 0 Å². The second-order valence-electron chi connectivity index (χ2n) is 5.05. The van der Waals surface area contributed by atoms with Gasteiger partial charge < -0.3 is 10.6 Å². The molecule has 0 fully saturated rings. The van der Waals surface area contributed by atoms with Gasteiger partial charge >= 0.3 is 0 Å². The Labute approximate surface area is 155 Å². The van der Waals surface area contributed by atoms with Gasteiger partial charge in [-0.3, -0.25) is 9.59 Å². The molecular weight excluding hydrogens is 436 g/mol. The number of allylic oxidation sites excluding steroid dienone is 2. The summed E-state index contributed by atoms with van der Waals surface area (Å²) in [6.07, 6.45) is 2.61. The zero-order chi connectivity index (χ0) is 17.1. The first-order valence-electron chi connectivity index (χ1n) is 7.10. The Morgan fingerprint density at radius 1 is 0.625 bits per heavy atom. The molecule has 4 nitrogen and oxygen atoms in total. The van der Waals surface area contributed by atoms with Gasteiger partial charge in [0.2, 0.25) is 11.6 Å². The molecule has 6 heteroatoms. The van der Waals surface area contributed by atoms with Crippen LogP contribution < -0.4 is 10.6 Å². The summed E-state index contributed by atoms with van der Waals surface area (Å²) in [6, 6.07) is 14.8. The molecule has 0 radical (unpaired) electrons. The summed E-state index contributed by atoms with van der Waals surface area (Å²) in [5, 5.41) is 5.97. The second kappa shape index (κ2) is 7.15. The predicted octanol–water partition coefficient (Wildman–Crippen LogP) is 4.66. The van der Waals surface area contributed by atoms with Crippen molar-refractivity contribution in [3.8, 4) is 0 Å². The average Bonchev–Trinajstić information content (AvgIpc) is 2.56. The maximum atomic E-state index is 12.3. The van der Waals surface area contributed by atoms with E-state index in [0.29, 0.717) is 0 Å². The zero-order valence-corrected chi connectivity index (χ0v) is 15.5. The average molecular weight is 448 g/mol. The molecule has 3 rings (SSSR count). The number of hydrogen-bond acceptors (Lipinski definition) is 4. The van der Waals surface area contributed by atoms with Gasteiger partial charge in [-0.15, -0.1) is 0 Å². The van der Waals surface area contributed by atoms with Gasteiger partial charge in [0.15, 0.2) is 0 Å². The first kappa shape index (κ1) is 16.7. The summed E-state index contributed by atoms with van der Waals surface area (Å²) in [6.45, 7) is 0. The van der Waals surface area contributed by atoms with Gasteiger partial charge in [-0.2, -0.15) is 0 Å². The van der Waals surface area contributed by atoms with Gasteiger partial charge in [0.25, 0.3) is 0 Å². The molecule has 0 aromatic heterocycles. The second-order valence-corrected chi connectivity index (χ2v) is 6.76. The largest absolute Gasteiger partial charge is 0.351 e. The first-order valence-corrected chi connectivity index (χ1v) is 8.68. The highest BCUT2D eigenvalue weighted by Gasteiger charge is 2.21. The number of anilines is 2. The van der Waals surface area contributed by atoms with E-state index in [0.717, 1.165) is 20.3 Å². The van der Waals surface area contributed by atoms with E-state index in [1.165, 1.54) is 12.2 Å². The number of para-hydroxylation sites is 2. The topological polar surface area (TPSA) is 58.2 Å². The molecule has 0 amide bonds. The third-order valence-corrected chi connectivity index (χ3v) is 4.75. The molecule has 1 aliphatic carbocycles. The quantitative estimate of drug-likeness (QED) is 0.669. The van der Waals surface area contributed by atoms with Gasteiger partial charge in [-0.25, -0.2) is 0 Å². The van der Waals surface area contributed by atoms with Crippen LogP contribution in [0, 0.1) is 0 Å². The van der Waals surface area contributed by atoms with Gasteiger partial charge in [0, 0.05) is 21.1 Å². The minimum atomic E-state index is -0.264. The number of halogens is 2. The van der Waals surface area contributed by atoms with Crippen molar-refractivity contribution in [1.29, 1.82) is 0 Å². The molecule has 120 valence electrons. The molecule has 2 aromatic rings. The van der Waals surface area contributed by atoms with E-state index >= 15 is 0 Å². The predicted molar refractivity (Wildman–Crippen MR) is 102 cm³/mol. The highest BCUT2D eigenvalue weighted by Crippen LogP contribution is 2.26. The maximum Gasteiger partial charge on any atom is 0.204 e. The summed E-state index contributed by atoms with van der Waals surface area (Å²) in [5.74, 6) is -0.528. The van der Waals surface area contributed by atoms with E-state index in [2.05, 4.69) is 42.5 Å². The normalized spacial score (nSPS) is 14.1. The standard InChI is InChI=1S/C18H12Br2N2O2/c19-11-5-1-3-7-13(11)21-15-9-18(24)16(10-17(15)23)22-14-8-4-2-6-12(14)20/h1-10,21-22H. The third kappa shape index (κ3) is 3.66. The summed E-state index contributed by atoms with van der Waals surface area (Å²) < 4.78 is 1.62. The SMILES string of the molecule is O=C1C=C(Nc2ccccc2Br)C(=O)C=C1Nc1ccccc1Br. The molecule has 0 heterocycles. The van der Waals surface area contributed by atoms with Crippen molar-refractivity contribution in [3.63, 3.8) is 0 Å². The summed E-state index contributed by atoms with van der Waals surface area (Å²) in [7, 11) is 0. The van der Waals surface area contributed by atoms with Crippen molar-refractivity contribution in [2.75, 3.05) is 10.6 Å². The Hall–Kier alpha value is -2.18. The van der Waals surface area contributed by atoms with E-state index in [9.17, 15) is 9.59 Å².